The van der Waals surface area contributed by atoms with Crippen molar-refractivity contribution in [3.8, 4) is 5.75 Å². The Labute approximate surface area is 170 Å². The van der Waals surface area contributed by atoms with E-state index >= 15 is 0 Å². The van der Waals surface area contributed by atoms with E-state index in [-0.39, 0.29) is 10.9 Å². The summed E-state index contributed by atoms with van der Waals surface area (Å²) in [6.45, 7) is 4.79. The van der Waals surface area contributed by atoms with Gasteiger partial charge >= 0.3 is 0 Å². The summed E-state index contributed by atoms with van der Waals surface area (Å²) in [6.07, 6.45) is 0.830. The van der Waals surface area contributed by atoms with Crippen LogP contribution in [0.25, 0.3) is 0 Å². The molecule has 0 saturated carbocycles. The number of rotatable bonds is 7. The predicted molar refractivity (Wildman–Crippen MR) is 110 cm³/mol. The van der Waals surface area contributed by atoms with Crippen LogP contribution in [0, 0.1) is 0 Å². The SMILES string of the molecule is CCN(C1CCN(Cc2ccccc2)C1)S(=O)(=O)c1cc(Br)ccc1OC. The first-order valence-corrected chi connectivity index (χ1v) is 11.3. The van der Waals surface area contributed by atoms with Gasteiger partial charge in [-0.3, -0.25) is 4.90 Å². The monoisotopic (exact) mass is 452 g/mol. The molecular weight excluding hydrogens is 428 g/mol. The molecule has 1 saturated heterocycles. The molecule has 1 atom stereocenters. The Bertz CT molecular complexity index is 874. The topological polar surface area (TPSA) is 49.9 Å². The number of hydrogen-bond donors (Lipinski definition) is 0. The highest BCUT2D eigenvalue weighted by molar-refractivity contribution is 9.10. The van der Waals surface area contributed by atoms with Gasteiger partial charge in [0.2, 0.25) is 10.0 Å². The molecule has 1 aliphatic rings. The minimum Gasteiger partial charge on any atom is -0.495 e. The van der Waals surface area contributed by atoms with Crippen LogP contribution in [-0.4, -0.2) is 50.4 Å². The normalized spacial score (nSPS) is 18.1. The number of likely N-dealkylation sites (N-methyl/N-ethyl adjacent to an activating group) is 1. The molecule has 0 aliphatic carbocycles. The standard InChI is InChI=1S/C20H25BrN2O3S/c1-3-23(27(24,25)20-13-17(21)9-10-19(20)26-2)18-11-12-22(15-18)14-16-7-5-4-6-8-16/h4-10,13,18H,3,11-12,14-15H2,1-2H3. The van der Waals surface area contributed by atoms with Crippen molar-refractivity contribution in [3.05, 3.63) is 58.6 Å². The zero-order valence-corrected chi connectivity index (χ0v) is 18.0. The minimum absolute atomic E-state index is 0.0348. The Morgan fingerprint density at radius 1 is 1.22 bits per heavy atom. The van der Waals surface area contributed by atoms with Crippen LogP contribution < -0.4 is 4.74 Å². The molecule has 0 bridgehead atoms. The Morgan fingerprint density at radius 3 is 2.63 bits per heavy atom. The molecule has 5 nitrogen and oxygen atoms in total. The first kappa shape index (κ1) is 20.3. The molecule has 0 aromatic heterocycles. The highest BCUT2D eigenvalue weighted by Gasteiger charge is 2.36. The Balaban J connectivity index is 1.80. The molecule has 1 fully saturated rings. The molecule has 3 rings (SSSR count). The van der Waals surface area contributed by atoms with E-state index in [1.54, 1.807) is 22.5 Å². The summed E-state index contributed by atoms with van der Waals surface area (Å²) < 4.78 is 34.3. The zero-order chi connectivity index (χ0) is 19.4. The highest BCUT2D eigenvalue weighted by atomic mass is 79.9. The summed E-state index contributed by atoms with van der Waals surface area (Å²) in [4.78, 5) is 2.53. The lowest BCUT2D eigenvalue weighted by Gasteiger charge is -2.28. The van der Waals surface area contributed by atoms with Crippen LogP contribution >= 0.6 is 15.9 Å². The van der Waals surface area contributed by atoms with Gasteiger partial charge in [-0.15, -0.1) is 0 Å². The third-order valence-corrected chi connectivity index (χ3v) is 7.47. The molecule has 0 spiro atoms. The summed E-state index contributed by atoms with van der Waals surface area (Å²) in [6, 6.07) is 15.3. The van der Waals surface area contributed by atoms with Crippen LogP contribution in [0.4, 0.5) is 0 Å². The molecule has 2 aromatic carbocycles. The highest BCUT2D eigenvalue weighted by Crippen LogP contribution is 2.32. The van der Waals surface area contributed by atoms with Crippen molar-refractivity contribution in [3.63, 3.8) is 0 Å². The molecule has 0 N–H and O–H groups in total. The second-order valence-electron chi connectivity index (χ2n) is 6.67. The quantitative estimate of drug-likeness (QED) is 0.641. The molecule has 0 amide bonds. The van der Waals surface area contributed by atoms with Crippen LogP contribution in [0.5, 0.6) is 5.75 Å². The van der Waals surface area contributed by atoms with Crippen LogP contribution in [0.1, 0.15) is 18.9 Å². The average Bonchev–Trinajstić information content (AvgIpc) is 3.10. The maximum Gasteiger partial charge on any atom is 0.247 e. The average molecular weight is 453 g/mol. The van der Waals surface area contributed by atoms with E-state index in [1.165, 1.54) is 12.7 Å². The van der Waals surface area contributed by atoms with Gasteiger partial charge in [0.15, 0.2) is 0 Å². The number of halogens is 1. The van der Waals surface area contributed by atoms with Crippen molar-refractivity contribution in [2.24, 2.45) is 0 Å². The van der Waals surface area contributed by atoms with E-state index in [0.717, 1.165) is 30.5 Å². The Morgan fingerprint density at radius 2 is 1.96 bits per heavy atom. The van der Waals surface area contributed by atoms with Gasteiger partial charge in [-0.25, -0.2) is 8.42 Å². The summed E-state index contributed by atoms with van der Waals surface area (Å²) in [5, 5.41) is 0. The Kier molecular flexibility index (Phi) is 6.57. The molecule has 146 valence electrons. The number of nitrogens with zero attached hydrogens (tertiary/aromatic N) is 2. The second-order valence-corrected chi connectivity index (χ2v) is 9.44. The van der Waals surface area contributed by atoms with Gasteiger partial charge in [-0.2, -0.15) is 4.31 Å². The van der Waals surface area contributed by atoms with E-state index < -0.39 is 10.0 Å². The molecule has 1 aliphatic heterocycles. The third kappa shape index (κ3) is 4.54. The van der Waals surface area contributed by atoms with Crippen molar-refractivity contribution in [1.29, 1.82) is 0 Å². The van der Waals surface area contributed by atoms with Gasteiger partial charge in [-0.1, -0.05) is 53.2 Å². The van der Waals surface area contributed by atoms with E-state index in [0.29, 0.717) is 12.3 Å². The predicted octanol–water partition coefficient (Wildman–Crippen LogP) is 3.74. The molecule has 0 radical (unpaired) electrons. The van der Waals surface area contributed by atoms with E-state index in [1.807, 2.05) is 25.1 Å². The maximum absolute atomic E-state index is 13.4. The zero-order valence-electron chi connectivity index (χ0n) is 15.6. The van der Waals surface area contributed by atoms with Crippen molar-refractivity contribution in [2.45, 2.75) is 30.8 Å². The van der Waals surface area contributed by atoms with Crippen molar-refractivity contribution >= 4 is 26.0 Å². The van der Waals surface area contributed by atoms with Crippen LogP contribution in [-0.2, 0) is 16.6 Å². The van der Waals surface area contributed by atoms with Gasteiger partial charge < -0.3 is 4.74 Å². The van der Waals surface area contributed by atoms with Gasteiger partial charge in [0.25, 0.3) is 0 Å². The molecule has 7 heteroatoms. The smallest absolute Gasteiger partial charge is 0.247 e. The number of hydrogen-bond acceptors (Lipinski definition) is 4. The lowest BCUT2D eigenvalue weighted by Crippen LogP contribution is -2.41. The van der Waals surface area contributed by atoms with Gasteiger partial charge in [0.05, 0.1) is 7.11 Å². The minimum atomic E-state index is -3.64. The van der Waals surface area contributed by atoms with E-state index in [9.17, 15) is 8.42 Å². The lowest BCUT2D eigenvalue weighted by atomic mass is 10.2. The number of likely N-dealkylation sites (tertiary alicyclic amines) is 1. The fourth-order valence-electron chi connectivity index (χ4n) is 3.64. The van der Waals surface area contributed by atoms with Gasteiger partial charge in [-0.05, 0) is 30.2 Å². The van der Waals surface area contributed by atoms with Gasteiger partial charge in [0.1, 0.15) is 10.6 Å². The van der Waals surface area contributed by atoms with E-state index in [2.05, 4.69) is 33.0 Å². The van der Waals surface area contributed by atoms with Crippen molar-refractivity contribution in [1.82, 2.24) is 9.21 Å². The van der Waals surface area contributed by atoms with Crippen LogP contribution in [0.2, 0.25) is 0 Å². The van der Waals surface area contributed by atoms with Crippen molar-refractivity contribution < 1.29 is 13.2 Å². The van der Waals surface area contributed by atoms with Crippen LogP contribution in [0.3, 0.4) is 0 Å². The van der Waals surface area contributed by atoms with Gasteiger partial charge in [0, 0.05) is 36.7 Å². The number of methoxy groups -OCH3 is 1. The third-order valence-electron chi connectivity index (χ3n) is 4.93. The summed E-state index contributed by atoms with van der Waals surface area (Å²) in [5.41, 5.74) is 1.25. The molecular formula is C20H25BrN2O3S. The summed E-state index contributed by atoms with van der Waals surface area (Å²) >= 11 is 3.37. The maximum atomic E-state index is 13.4. The summed E-state index contributed by atoms with van der Waals surface area (Å²) in [7, 11) is -2.15. The number of sulfonamides is 1. The molecule has 2 aromatic rings. The number of ether oxygens (including phenoxy) is 1. The van der Waals surface area contributed by atoms with Crippen molar-refractivity contribution in [2.75, 3.05) is 26.7 Å². The largest absolute Gasteiger partial charge is 0.495 e. The Hall–Kier alpha value is -1.41. The number of benzene rings is 2. The molecule has 1 heterocycles. The fourth-order valence-corrected chi connectivity index (χ4v) is 5.99. The molecule has 1 unspecified atom stereocenters. The second kappa shape index (κ2) is 8.73. The molecule has 27 heavy (non-hydrogen) atoms. The van der Waals surface area contributed by atoms with E-state index in [4.69, 9.17) is 4.74 Å². The summed E-state index contributed by atoms with van der Waals surface area (Å²) in [5.74, 6) is 0.371. The first-order valence-electron chi connectivity index (χ1n) is 9.07. The lowest BCUT2D eigenvalue weighted by molar-refractivity contribution is 0.285. The fraction of sp³-hybridized carbons (Fsp3) is 0.400. The van der Waals surface area contributed by atoms with Crippen LogP contribution in [0.15, 0.2) is 57.9 Å². The first-order chi connectivity index (χ1) is 13.0.